The maximum atomic E-state index is 13.7. The number of nitrogens with zero attached hydrogens (tertiary/aromatic N) is 5. The lowest BCUT2D eigenvalue weighted by Crippen LogP contribution is -2.18. The van der Waals surface area contributed by atoms with Crippen LogP contribution in [0.15, 0.2) is 30.5 Å². The largest absolute Gasteiger partial charge is 0.365 e. The van der Waals surface area contributed by atoms with E-state index in [9.17, 15) is 18.4 Å². The van der Waals surface area contributed by atoms with Gasteiger partial charge in [0.15, 0.2) is 5.69 Å². The molecule has 0 atom stereocenters. The van der Waals surface area contributed by atoms with E-state index >= 15 is 0 Å². The molecule has 0 bridgehead atoms. The van der Waals surface area contributed by atoms with Crippen molar-refractivity contribution in [2.75, 3.05) is 5.32 Å². The van der Waals surface area contributed by atoms with Gasteiger partial charge in [0.2, 0.25) is 0 Å². The smallest absolute Gasteiger partial charge is 0.280 e. The van der Waals surface area contributed by atoms with Gasteiger partial charge in [0.25, 0.3) is 18.2 Å². The van der Waals surface area contributed by atoms with Crippen LogP contribution >= 0.6 is 34.3 Å². The topological polar surface area (TPSA) is 121 Å². The van der Waals surface area contributed by atoms with E-state index < -0.39 is 23.9 Å². The Bertz CT molecular complexity index is 1720. The van der Waals surface area contributed by atoms with Gasteiger partial charge in [0.05, 0.1) is 22.1 Å². The van der Waals surface area contributed by atoms with Crippen LogP contribution in [0.5, 0.6) is 0 Å². The summed E-state index contributed by atoms with van der Waals surface area (Å²) in [5, 5.41) is 12.3. The summed E-state index contributed by atoms with van der Waals surface area (Å²) in [5.41, 5.74) is 7.21. The third-order valence-electron chi connectivity index (χ3n) is 5.82. The Morgan fingerprint density at radius 3 is 2.53 bits per heavy atom. The molecule has 0 saturated carbocycles. The predicted octanol–water partition coefficient (Wildman–Crippen LogP) is 5.79. The number of hydrogen-bond donors (Lipinski definition) is 2. The molecule has 0 aromatic carbocycles. The lowest BCUT2D eigenvalue weighted by Gasteiger charge is -2.09. The number of nitrogens with two attached hydrogens (primary N) is 1. The number of alkyl halides is 2. The molecule has 0 unspecified atom stereocenters. The number of anilines is 1. The second-order valence-electron chi connectivity index (χ2n) is 8.48. The highest BCUT2D eigenvalue weighted by Crippen LogP contribution is 2.44. The number of thiophene rings is 2. The van der Waals surface area contributed by atoms with E-state index in [1.165, 1.54) is 28.2 Å². The SMILES string of the molecule is Cc1ccc(-c2cc(C(F)F)nc3sc(C(N)=O)c(NC(=O)c4ccn(Cn5nc(C)c(Cl)c5C)n4)c23)s1. The molecular formula is C24H20ClF2N7O2S2. The molecule has 196 valence electrons. The Kier molecular flexibility index (Phi) is 6.75. The van der Waals surface area contributed by atoms with Gasteiger partial charge in [-0.05, 0) is 45.0 Å². The maximum Gasteiger partial charge on any atom is 0.280 e. The normalized spacial score (nSPS) is 11.6. The monoisotopic (exact) mass is 575 g/mol. The molecule has 2 amide bonds. The van der Waals surface area contributed by atoms with E-state index in [-0.39, 0.29) is 27.8 Å². The van der Waals surface area contributed by atoms with Crippen LogP contribution < -0.4 is 11.1 Å². The molecular weight excluding hydrogens is 556 g/mol. The molecule has 5 aromatic rings. The number of fused-ring (bicyclic) bond motifs is 1. The maximum absolute atomic E-state index is 13.7. The number of carbonyl (C=O) groups is 2. The van der Waals surface area contributed by atoms with E-state index in [0.29, 0.717) is 26.5 Å². The van der Waals surface area contributed by atoms with Gasteiger partial charge in [0, 0.05) is 26.9 Å². The number of nitrogens with one attached hydrogen (secondary N) is 1. The van der Waals surface area contributed by atoms with Crippen molar-refractivity contribution >= 4 is 62.0 Å². The Balaban J connectivity index is 1.55. The summed E-state index contributed by atoms with van der Waals surface area (Å²) in [7, 11) is 0. The standard InChI is InChI=1S/C24H20ClF2N7O2S2/c1-10-4-5-16(37-10)13-8-15(21(26)27)29-24-17(13)19(20(38-24)22(28)35)30-23(36)14-6-7-33(32-14)9-34-12(3)18(25)11(2)31-34/h4-8,21H,9H2,1-3H3,(H2,28,35)(H,30,36). The first-order chi connectivity index (χ1) is 18.0. The summed E-state index contributed by atoms with van der Waals surface area (Å²) in [6.07, 6.45) is -1.21. The van der Waals surface area contributed by atoms with Crippen molar-refractivity contribution in [3.05, 3.63) is 68.0 Å². The predicted molar refractivity (Wildman–Crippen MR) is 143 cm³/mol. The molecule has 0 radical (unpaired) electrons. The molecule has 14 heteroatoms. The molecule has 3 N–H and O–H groups in total. The lowest BCUT2D eigenvalue weighted by molar-refractivity contribution is 0.100. The summed E-state index contributed by atoms with van der Waals surface area (Å²) < 4.78 is 30.5. The third kappa shape index (κ3) is 4.68. The van der Waals surface area contributed by atoms with E-state index in [1.807, 2.05) is 19.9 Å². The quantitative estimate of drug-likeness (QED) is 0.254. The van der Waals surface area contributed by atoms with Gasteiger partial charge in [-0.25, -0.2) is 18.4 Å². The van der Waals surface area contributed by atoms with Gasteiger partial charge >= 0.3 is 0 Å². The van der Waals surface area contributed by atoms with E-state index in [4.69, 9.17) is 17.3 Å². The van der Waals surface area contributed by atoms with Crippen molar-refractivity contribution in [2.45, 2.75) is 33.9 Å². The molecule has 0 spiro atoms. The minimum absolute atomic E-state index is 0.00138. The van der Waals surface area contributed by atoms with Gasteiger partial charge in [0.1, 0.15) is 22.1 Å². The van der Waals surface area contributed by atoms with E-state index in [2.05, 4.69) is 20.5 Å². The Morgan fingerprint density at radius 1 is 1.16 bits per heavy atom. The fourth-order valence-electron chi connectivity index (χ4n) is 3.98. The van der Waals surface area contributed by atoms with Crippen molar-refractivity contribution < 1.29 is 18.4 Å². The van der Waals surface area contributed by atoms with Gasteiger partial charge < -0.3 is 11.1 Å². The van der Waals surface area contributed by atoms with Crippen LogP contribution in [0.2, 0.25) is 5.02 Å². The van der Waals surface area contributed by atoms with Crippen LogP contribution in [0.1, 0.15) is 48.5 Å². The first-order valence-electron chi connectivity index (χ1n) is 11.2. The number of hydrogen-bond acceptors (Lipinski definition) is 7. The number of aryl methyl sites for hydroxylation is 2. The highest BCUT2D eigenvalue weighted by molar-refractivity contribution is 7.21. The van der Waals surface area contributed by atoms with Crippen molar-refractivity contribution in [1.82, 2.24) is 24.5 Å². The van der Waals surface area contributed by atoms with E-state index in [0.717, 1.165) is 21.9 Å². The molecule has 5 heterocycles. The third-order valence-corrected chi connectivity index (χ3v) is 8.50. The number of pyridine rings is 1. The van der Waals surface area contributed by atoms with Crippen molar-refractivity contribution in [3.8, 4) is 10.4 Å². The summed E-state index contributed by atoms with van der Waals surface area (Å²) in [6.45, 7) is 5.73. The van der Waals surface area contributed by atoms with Gasteiger partial charge in [-0.15, -0.1) is 22.7 Å². The number of aromatic nitrogens is 5. The summed E-state index contributed by atoms with van der Waals surface area (Å²) in [4.78, 5) is 31.4. The number of halogens is 3. The van der Waals surface area contributed by atoms with Crippen LogP contribution in [0.4, 0.5) is 14.5 Å². The highest BCUT2D eigenvalue weighted by atomic mass is 35.5. The lowest BCUT2D eigenvalue weighted by atomic mass is 10.1. The second kappa shape index (κ2) is 9.89. The summed E-state index contributed by atoms with van der Waals surface area (Å²) in [6, 6.07) is 6.44. The molecule has 0 saturated heterocycles. The Labute approximate surface area is 227 Å². The Hall–Kier alpha value is -3.68. The van der Waals surface area contributed by atoms with Crippen LogP contribution in [0.25, 0.3) is 20.7 Å². The number of carbonyl (C=O) groups excluding carboxylic acids is 2. The number of amides is 2. The van der Waals surface area contributed by atoms with Crippen LogP contribution in [-0.2, 0) is 6.67 Å². The number of rotatable bonds is 7. The van der Waals surface area contributed by atoms with Crippen LogP contribution in [-0.4, -0.2) is 36.4 Å². The fraction of sp³-hybridized carbons (Fsp3) is 0.208. The van der Waals surface area contributed by atoms with Crippen molar-refractivity contribution in [1.29, 1.82) is 0 Å². The molecule has 0 aliphatic heterocycles. The van der Waals surface area contributed by atoms with Gasteiger partial charge in [-0.2, -0.15) is 10.2 Å². The molecule has 9 nitrogen and oxygen atoms in total. The van der Waals surface area contributed by atoms with Crippen LogP contribution in [0.3, 0.4) is 0 Å². The fourth-order valence-corrected chi connectivity index (χ4v) is 6.02. The van der Waals surface area contributed by atoms with Gasteiger partial charge in [-0.1, -0.05) is 11.6 Å². The average Bonchev–Trinajstić information content (AvgIpc) is 3.64. The first-order valence-corrected chi connectivity index (χ1v) is 13.2. The minimum Gasteiger partial charge on any atom is -0.365 e. The molecule has 38 heavy (non-hydrogen) atoms. The van der Waals surface area contributed by atoms with E-state index in [1.54, 1.807) is 23.9 Å². The van der Waals surface area contributed by atoms with Crippen LogP contribution in [0, 0.1) is 20.8 Å². The molecule has 0 aliphatic rings. The first kappa shape index (κ1) is 25.9. The molecule has 0 fully saturated rings. The van der Waals surface area contributed by atoms with Crippen molar-refractivity contribution in [3.63, 3.8) is 0 Å². The second-order valence-corrected chi connectivity index (χ2v) is 11.1. The highest BCUT2D eigenvalue weighted by Gasteiger charge is 2.26. The zero-order valence-electron chi connectivity index (χ0n) is 20.3. The zero-order valence-corrected chi connectivity index (χ0v) is 22.6. The zero-order chi connectivity index (χ0) is 27.3. The Morgan fingerprint density at radius 2 is 1.92 bits per heavy atom. The molecule has 0 aliphatic carbocycles. The minimum atomic E-state index is -2.82. The molecule has 5 aromatic heterocycles. The molecule has 5 rings (SSSR count). The van der Waals surface area contributed by atoms with Crippen molar-refractivity contribution in [2.24, 2.45) is 5.73 Å². The number of primary amides is 1. The summed E-state index contributed by atoms with van der Waals surface area (Å²) in [5.74, 6) is -1.43. The summed E-state index contributed by atoms with van der Waals surface area (Å²) >= 11 is 8.46. The average molecular weight is 576 g/mol. The van der Waals surface area contributed by atoms with Gasteiger partial charge in [-0.3, -0.25) is 14.3 Å².